The maximum Gasteiger partial charge on any atom is 0.205 e. The normalized spacial score (nSPS) is 12.9. The third kappa shape index (κ3) is 2.01. The van der Waals surface area contributed by atoms with Crippen LogP contribution in [-0.4, -0.2) is 29.2 Å². The number of anilines is 1. The molecule has 1 aromatic heterocycles. The van der Waals surface area contributed by atoms with Gasteiger partial charge < -0.3 is 15.2 Å². The Labute approximate surface area is 79.4 Å². The zero-order chi connectivity index (χ0) is 9.84. The zero-order valence-electron chi connectivity index (χ0n) is 8.57. The first-order chi connectivity index (χ1) is 6.20. The van der Waals surface area contributed by atoms with Crippen LogP contribution < -0.4 is 10.6 Å². The van der Waals surface area contributed by atoms with Crippen LogP contribution in [0.25, 0.3) is 0 Å². The number of rotatable bonds is 4. The van der Waals surface area contributed by atoms with Gasteiger partial charge in [0.05, 0.1) is 0 Å². The molecule has 74 valence electrons. The van der Waals surface area contributed by atoms with E-state index in [9.17, 15) is 0 Å². The Morgan fingerprint density at radius 3 is 2.92 bits per heavy atom. The lowest BCUT2D eigenvalue weighted by Crippen LogP contribution is -2.36. The Hall–Kier alpha value is -1.03. The first kappa shape index (κ1) is 10.1. The Balaban J connectivity index is 2.81. The van der Waals surface area contributed by atoms with E-state index in [-0.39, 0.29) is 0 Å². The average molecular weight is 182 g/mol. The summed E-state index contributed by atoms with van der Waals surface area (Å²) < 4.78 is 2.10. The minimum absolute atomic E-state index is 0.327. The number of aromatic nitrogens is 2. The molecule has 0 saturated carbocycles. The highest BCUT2D eigenvalue weighted by Crippen LogP contribution is 2.11. The molecule has 0 fully saturated rings. The molecule has 0 bridgehead atoms. The highest BCUT2D eigenvalue weighted by Gasteiger charge is 2.12. The Morgan fingerprint density at radius 2 is 2.38 bits per heavy atom. The molecule has 0 aliphatic carbocycles. The quantitative estimate of drug-likeness (QED) is 0.745. The van der Waals surface area contributed by atoms with E-state index in [1.165, 1.54) is 0 Å². The molecule has 0 radical (unpaired) electrons. The van der Waals surface area contributed by atoms with Crippen LogP contribution in [0.1, 0.15) is 13.8 Å². The molecule has 4 nitrogen and oxygen atoms in total. The first-order valence-corrected chi connectivity index (χ1v) is 4.64. The van der Waals surface area contributed by atoms with Crippen LogP contribution in [0.15, 0.2) is 12.4 Å². The monoisotopic (exact) mass is 182 g/mol. The number of aryl methyl sites for hydroxylation is 1. The van der Waals surface area contributed by atoms with Gasteiger partial charge in [-0.1, -0.05) is 0 Å². The molecule has 2 N–H and O–H groups in total. The standard InChI is InChI=1S/C9H18N4/c1-4-13-6-5-11-9(13)12(3)8(2)7-10/h5-6,8H,4,7,10H2,1-3H3. The molecule has 0 aromatic carbocycles. The molecule has 0 saturated heterocycles. The summed E-state index contributed by atoms with van der Waals surface area (Å²) in [4.78, 5) is 6.39. The molecular formula is C9H18N4. The van der Waals surface area contributed by atoms with Crippen LogP contribution in [0.4, 0.5) is 5.95 Å². The average Bonchev–Trinajstić information content (AvgIpc) is 2.62. The summed E-state index contributed by atoms with van der Waals surface area (Å²) in [6, 6.07) is 0.327. The van der Waals surface area contributed by atoms with Crippen molar-refractivity contribution >= 4 is 5.95 Å². The van der Waals surface area contributed by atoms with Crippen LogP contribution >= 0.6 is 0 Å². The summed E-state index contributed by atoms with van der Waals surface area (Å²) >= 11 is 0. The maximum atomic E-state index is 5.59. The van der Waals surface area contributed by atoms with Crippen molar-refractivity contribution < 1.29 is 0 Å². The van der Waals surface area contributed by atoms with Crippen molar-refractivity contribution in [2.24, 2.45) is 5.73 Å². The first-order valence-electron chi connectivity index (χ1n) is 4.64. The lowest BCUT2D eigenvalue weighted by atomic mass is 10.3. The summed E-state index contributed by atoms with van der Waals surface area (Å²) in [5, 5.41) is 0. The number of nitrogens with zero attached hydrogens (tertiary/aromatic N) is 3. The van der Waals surface area contributed by atoms with Crippen molar-refractivity contribution in [2.75, 3.05) is 18.5 Å². The molecule has 0 spiro atoms. The van der Waals surface area contributed by atoms with Crippen molar-refractivity contribution in [3.63, 3.8) is 0 Å². The summed E-state index contributed by atoms with van der Waals surface area (Å²) in [5.74, 6) is 0.987. The maximum absolute atomic E-state index is 5.59. The predicted molar refractivity (Wildman–Crippen MR) is 54.8 cm³/mol. The molecule has 1 atom stereocenters. The van der Waals surface area contributed by atoms with Gasteiger partial charge in [-0.05, 0) is 13.8 Å². The fraction of sp³-hybridized carbons (Fsp3) is 0.667. The second-order valence-electron chi connectivity index (χ2n) is 3.21. The Bertz CT molecular complexity index is 256. The van der Waals surface area contributed by atoms with Crippen LogP contribution in [0.5, 0.6) is 0 Å². The van der Waals surface area contributed by atoms with Gasteiger partial charge in [0, 0.05) is 38.6 Å². The van der Waals surface area contributed by atoms with E-state index in [4.69, 9.17) is 5.73 Å². The molecule has 4 heteroatoms. The largest absolute Gasteiger partial charge is 0.341 e. The number of hydrogen-bond donors (Lipinski definition) is 1. The van der Waals surface area contributed by atoms with Crippen LogP contribution in [-0.2, 0) is 6.54 Å². The van der Waals surface area contributed by atoms with Crippen molar-refractivity contribution in [2.45, 2.75) is 26.4 Å². The van der Waals surface area contributed by atoms with E-state index in [0.717, 1.165) is 12.5 Å². The van der Waals surface area contributed by atoms with Gasteiger partial charge in [-0.15, -0.1) is 0 Å². The van der Waals surface area contributed by atoms with Gasteiger partial charge in [0.15, 0.2) is 0 Å². The lowest BCUT2D eigenvalue weighted by Gasteiger charge is -2.25. The van der Waals surface area contributed by atoms with E-state index in [1.54, 1.807) is 0 Å². The zero-order valence-corrected chi connectivity index (χ0v) is 8.57. The van der Waals surface area contributed by atoms with E-state index < -0.39 is 0 Å². The molecule has 1 rings (SSSR count). The molecule has 1 unspecified atom stereocenters. The van der Waals surface area contributed by atoms with E-state index in [2.05, 4.69) is 28.3 Å². The highest BCUT2D eigenvalue weighted by molar-refractivity contribution is 5.31. The van der Waals surface area contributed by atoms with Crippen LogP contribution in [0.3, 0.4) is 0 Å². The van der Waals surface area contributed by atoms with Gasteiger partial charge in [-0.25, -0.2) is 4.98 Å². The molecular weight excluding hydrogens is 164 g/mol. The number of imidazole rings is 1. The molecule has 1 heterocycles. The van der Waals surface area contributed by atoms with Crippen molar-refractivity contribution in [1.29, 1.82) is 0 Å². The molecule has 0 aliphatic heterocycles. The lowest BCUT2D eigenvalue weighted by molar-refractivity contribution is 0.645. The molecule has 13 heavy (non-hydrogen) atoms. The summed E-state index contributed by atoms with van der Waals surface area (Å²) in [6.07, 6.45) is 3.80. The second-order valence-corrected chi connectivity index (χ2v) is 3.21. The third-order valence-electron chi connectivity index (χ3n) is 2.35. The second kappa shape index (κ2) is 4.28. The minimum atomic E-state index is 0.327. The molecule has 0 amide bonds. The van der Waals surface area contributed by atoms with Gasteiger partial charge in [0.2, 0.25) is 5.95 Å². The van der Waals surface area contributed by atoms with E-state index >= 15 is 0 Å². The fourth-order valence-electron chi connectivity index (χ4n) is 1.22. The topological polar surface area (TPSA) is 47.1 Å². The minimum Gasteiger partial charge on any atom is -0.341 e. The number of nitrogens with two attached hydrogens (primary N) is 1. The predicted octanol–water partition coefficient (Wildman–Crippen LogP) is 0.686. The third-order valence-corrected chi connectivity index (χ3v) is 2.35. The summed E-state index contributed by atoms with van der Waals surface area (Å²) in [5.41, 5.74) is 5.59. The van der Waals surface area contributed by atoms with Gasteiger partial charge in [-0.3, -0.25) is 0 Å². The van der Waals surface area contributed by atoms with Gasteiger partial charge >= 0.3 is 0 Å². The van der Waals surface area contributed by atoms with Crippen molar-refractivity contribution in [1.82, 2.24) is 9.55 Å². The summed E-state index contributed by atoms with van der Waals surface area (Å²) in [7, 11) is 2.02. The highest BCUT2D eigenvalue weighted by atomic mass is 15.3. The number of hydrogen-bond acceptors (Lipinski definition) is 3. The molecule has 0 aliphatic rings. The Kier molecular flexibility index (Phi) is 3.31. The Morgan fingerprint density at radius 1 is 1.69 bits per heavy atom. The smallest absolute Gasteiger partial charge is 0.205 e. The van der Waals surface area contributed by atoms with Crippen LogP contribution in [0.2, 0.25) is 0 Å². The number of likely N-dealkylation sites (N-methyl/N-ethyl adjacent to an activating group) is 1. The van der Waals surface area contributed by atoms with Crippen molar-refractivity contribution in [3.8, 4) is 0 Å². The van der Waals surface area contributed by atoms with E-state index in [1.807, 2.05) is 19.4 Å². The van der Waals surface area contributed by atoms with Gasteiger partial charge in [0.1, 0.15) is 0 Å². The SMILES string of the molecule is CCn1ccnc1N(C)C(C)CN. The van der Waals surface area contributed by atoms with Crippen molar-refractivity contribution in [3.05, 3.63) is 12.4 Å². The summed E-state index contributed by atoms with van der Waals surface area (Å²) in [6.45, 7) is 5.78. The fourth-order valence-corrected chi connectivity index (χ4v) is 1.22. The van der Waals surface area contributed by atoms with Gasteiger partial charge in [-0.2, -0.15) is 0 Å². The van der Waals surface area contributed by atoms with E-state index in [0.29, 0.717) is 12.6 Å². The van der Waals surface area contributed by atoms with Crippen LogP contribution in [0, 0.1) is 0 Å². The van der Waals surface area contributed by atoms with Gasteiger partial charge in [0.25, 0.3) is 0 Å². The molecule has 1 aromatic rings.